The van der Waals surface area contributed by atoms with Crippen LogP contribution in [0, 0.1) is 0 Å². The van der Waals surface area contributed by atoms with Crippen LogP contribution in [-0.4, -0.2) is 85.4 Å². The van der Waals surface area contributed by atoms with E-state index in [9.17, 15) is 4.79 Å². The van der Waals surface area contributed by atoms with Crippen molar-refractivity contribution in [2.24, 2.45) is 10.7 Å². The van der Waals surface area contributed by atoms with Crippen LogP contribution >= 0.6 is 11.8 Å². The fourth-order valence-electron chi connectivity index (χ4n) is 4.05. The number of para-hydroxylation sites is 1. The quantitative estimate of drug-likeness (QED) is 0.551. The highest BCUT2D eigenvalue weighted by molar-refractivity contribution is 7.99. The zero-order chi connectivity index (χ0) is 22.3. The van der Waals surface area contributed by atoms with Crippen LogP contribution in [0.25, 0.3) is 0 Å². The summed E-state index contributed by atoms with van der Waals surface area (Å²) in [6.45, 7) is 4.37. The molecule has 0 spiro atoms. The van der Waals surface area contributed by atoms with Crippen molar-refractivity contribution >= 4 is 29.3 Å². The zero-order valence-electron chi connectivity index (χ0n) is 17.9. The van der Waals surface area contributed by atoms with Gasteiger partial charge in [-0.3, -0.25) is 4.90 Å². The molecule has 2 aliphatic rings. The fourth-order valence-corrected chi connectivity index (χ4v) is 5.07. The van der Waals surface area contributed by atoms with Gasteiger partial charge in [-0.05, 0) is 18.2 Å². The molecule has 4 N–H and O–H groups in total. The Morgan fingerprint density at radius 1 is 1.16 bits per heavy atom. The normalized spacial score (nSPS) is 18.3. The molecule has 1 saturated heterocycles. The number of aliphatic hydroxyl groups is 1. The maximum atomic E-state index is 11.4. The molecule has 1 fully saturated rings. The van der Waals surface area contributed by atoms with Crippen LogP contribution in [0.15, 0.2) is 63.3 Å². The van der Waals surface area contributed by atoms with E-state index in [-0.39, 0.29) is 12.6 Å². The molecule has 0 aliphatic carbocycles. The van der Waals surface area contributed by atoms with Gasteiger partial charge in [-0.15, -0.1) is 0 Å². The lowest BCUT2D eigenvalue weighted by Crippen LogP contribution is -2.59. The van der Waals surface area contributed by atoms with Crippen LogP contribution in [0.1, 0.15) is 5.56 Å². The van der Waals surface area contributed by atoms with E-state index < -0.39 is 6.03 Å². The number of amides is 2. The van der Waals surface area contributed by atoms with Gasteiger partial charge in [0.05, 0.1) is 25.5 Å². The minimum absolute atomic E-state index is 0.0131. The van der Waals surface area contributed by atoms with Gasteiger partial charge in [0, 0.05) is 54.1 Å². The topological polar surface area (TPSA) is 103 Å². The molecule has 32 heavy (non-hydrogen) atoms. The number of fused-ring (bicyclic) bond motifs is 2. The summed E-state index contributed by atoms with van der Waals surface area (Å²) in [5.41, 5.74) is 7.44. The number of hydrogen-bond acceptors (Lipinski definition) is 7. The SMILES string of the molecule is NC(=O)NCC1CN(C2=Nc3ccccc3Sc3ccccc32)CCN1CCOCCO. The first-order chi connectivity index (χ1) is 15.7. The molecule has 8 nitrogen and oxygen atoms in total. The highest BCUT2D eigenvalue weighted by atomic mass is 32.2. The number of piperazine rings is 1. The molecule has 2 aromatic rings. The first-order valence-corrected chi connectivity index (χ1v) is 11.6. The molecule has 0 radical (unpaired) electrons. The first-order valence-electron chi connectivity index (χ1n) is 10.8. The monoisotopic (exact) mass is 455 g/mol. The number of nitrogens with zero attached hydrogens (tertiary/aromatic N) is 3. The Morgan fingerprint density at radius 3 is 2.75 bits per heavy atom. The van der Waals surface area contributed by atoms with Crippen molar-refractivity contribution in [2.45, 2.75) is 15.8 Å². The van der Waals surface area contributed by atoms with E-state index in [1.807, 2.05) is 18.2 Å². The molecule has 0 bridgehead atoms. The second-order valence-corrected chi connectivity index (χ2v) is 8.80. The molecule has 2 aliphatic heterocycles. The van der Waals surface area contributed by atoms with Crippen LogP contribution in [0.2, 0.25) is 0 Å². The second kappa shape index (κ2) is 10.8. The molecule has 1 atom stereocenters. The number of aliphatic imine (C=N–C) groups is 1. The minimum Gasteiger partial charge on any atom is -0.394 e. The Kier molecular flexibility index (Phi) is 7.64. The summed E-state index contributed by atoms with van der Waals surface area (Å²) in [6, 6.07) is 16.1. The summed E-state index contributed by atoms with van der Waals surface area (Å²) in [6.07, 6.45) is 0. The maximum Gasteiger partial charge on any atom is 0.312 e. The molecule has 2 amide bonds. The summed E-state index contributed by atoms with van der Waals surface area (Å²) in [5.74, 6) is 0.957. The Labute approximate surface area is 192 Å². The van der Waals surface area contributed by atoms with E-state index in [1.54, 1.807) is 11.8 Å². The molecular weight excluding hydrogens is 426 g/mol. The number of carbonyl (C=O) groups excluding carboxylic acids is 1. The van der Waals surface area contributed by atoms with Crippen LogP contribution in [0.4, 0.5) is 10.5 Å². The smallest absolute Gasteiger partial charge is 0.312 e. The molecule has 0 aromatic heterocycles. The fraction of sp³-hybridized carbons (Fsp3) is 0.391. The number of primary amides is 1. The summed E-state index contributed by atoms with van der Waals surface area (Å²) >= 11 is 1.74. The number of nitrogens with one attached hydrogen (secondary N) is 1. The molecule has 1 unspecified atom stereocenters. The van der Waals surface area contributed by atoms with Crippen LogP contribution in [0.5, 0.6) is 0 Å². The summed E-state index contributed by atoms with van der Waals surface area (Å²) < 4.78 is 5.46. The number of amidine groups is 1. The largest absolute Gasteiger partial charge is 0.394 e. The molecule has 2 heterocycles. The number of ether oxygens (including phenoxy) is 1. The van der Waals surface area contributed by atoms with Crippen molar-refractivity contribution in [1.82, 2.24) is 15.1 Å². The van der Waals surface area contributed by atoms with Gasteiger partial charge in [-0.2, -0.15) is 0 Å². The summed E-state index contributed by atoms with van der Waals surface area (Å²) in [4.78, 5) is 23.4. The molecule has 0 saturated carbocycles. The molecule has 4 rings (SSSR count). The first kappa shape index (κ1) is 22.6. The minimum atomic E-state index is -0.527. The molecular formula is C23H29N5O3S. The van der Waals surface area contributed by atoms with Gasteiger partial charge in [0.25, 0.3) is 0 Å². The number of aliphatic hydroxyl groups excluding tert-OH is 1. The van der Waals surface area contributed by atoms with E-state index in [1.165, 1.54) is 4.90 Å². The Bertz CT molecular complexity index is 970. The number of nitrogens with two attached hydrogens (primary N) is 1. The van der Waals surface area contributed by atoms with Gasteiger partial charge in [-0.25, -0.2) is 9.79 Å². The average molecular weight is 456 g/mol. The van der Waals surface area contributed by atoms with Crippen molar-refractivity contribution in [3.8, 4) is 0 Å². The van der Waals surface area contributed by atoms with E-state index in [0.717, 1.165) is 41.6 Å². The number of urea groups is 1. The van der Waals surface area contributed by atoms with Gasteiger partial charge in [0.2, 0.25) is 0 Å². The van der Waals surface area contributed by atoms with Gasteiger partial charge in [0.15, 0.2) is 0 Å². The van der Waals surface area contributed by atoms with Gasteiger partial charge in [-0.1, -0.05) is 42.1 Å². The van der Waals surface area contributed by atoms with E-state index in [0.29, 0.717) is 26.3 Å². The molecule has 9 heteroatoms. The van der Waals surface area contributed by atoms with Gasteiger partial charge >= 0.3 is 6.03 Å². The van der Waals surface area contributed by atoms with Gasteiger partial charge < -0.3 is 25.8 Å². The van der Waals surface area contributed by atoms with Crippen molar-refractivity contribution in [1.29, 1.82) is 0 Å². The van der Waals surface area contributed by atoms with Crippen LogP contribution in [0.3, 0.4) is 0 Å². The lowest BCUT2D eigenvalue weighted by molar-refractivity contribution is 0.0454. The van der Waals surface area contributed by atoms with E-state index >= 15 is 0 Å². The standard InChI is InChI=1S/C23H29N5O3S/c24-23(30)25-15-17-16-28(10-9-27(17)11-13-31-14-12-29)22-18-5-1-3-7-20(18)32-21-8-4-2-6-19(21)26-22/h1-8,17,29H,9-16H2,(H3,24,25,30). The van der Waals surface area contributed by atoms with Crippen LogP contribution in [-0.2, 0) is 4.74 Å². The third-order valence-corrected chi connectivity index (χ3v) is 6.76. The predicted molar refractivity (Wildman–Crippen MR) is 126 cm³/mol. The number of benzene rings is 2. The zero-order valence-corrected chi connectivity index (χ0v) is 18.8. The molecule has 2 aromatic carbocycles. The van der Waals surface area contributed by atoms with Crippen molar-refractivity contribution in [3.05, 3.63) is 54.1 Å². The number of carbonyl (C=O) groups is 1. The highest BCUT2D eigenvalue weighted by Crippen LogP contribution is 2.40. The van der Waals surface area contributed by atoms with Crippen molar-refractivity contribution < 1.29 is 14.6 Å². The van der Waals surface area contributed by atoms with Crippen LogP contribution < -0.4 is 11.1 Å². The average Bonchev–Trinajstić information content (AvgIpc) is 2.97. The Morgan fingerprint density at radius 2 is 1.94 bits per heavy atom. The highest BCUT2D eigenvalue weighted by Gasteiger charge is 2.31. The molecule has 170 valence electrons. The predicted octanol–water partition coefficient (Wildman–Crippen LogP) is 1.89. The number of hydrogen-bond donors (Lipinski definition) is 3. The third kappa shape index (κ3) is 5.42. The Balaban J connectivity index is 1.58. The van der Waals surface area contributed by atoms with Crippen molar-refractivity contribution in [2.75, 3.05) is 52.5 Å². The number of rotatable bonds is 7. The summed E-state index contributed by atoms with van der Waals surface area (Å²) in [7, 11) is 0. The van der Waals surface area contributed by atoms with E-state index in [2.05, 4.69) is 45.4 Å². The lowest BCUT2D eigenvalue weighted by atomic mass is 10.1. The van der Waals surface area contributed by atoms with E-state index in [4.69, 9.17) is 20.6 Å². The van der Waals surface area contributed by atoms with Crippen molar-refractivity contribution in [3.63, 3.8) is 0 Å². The lowest BCUT2D eigenvalue weighted by Gasteiger charge is -2.42. The van der Waals surface area contributed by atoms with Gasteiger partial charge in [0.1, 0.15) is 5.84 Å². The summed E-state index contributed by atoms with van der Waals surface area (Å²) in [5, 5.41) is 11.7. The Hall–Kier alpha value is -2.59. The third-order valence-electron chi connectivity index (χ3n) is 5.61. The second-order valence-electron chi connectivity index (χ2n) is 7.72. The maximum absolute atomic E-state index is 11.4.